The minimum Gasteiger partial charge on any atom is -0.478 e. The number of nitrogens with one attached hydrogen (secondary N) is 2. The lowest BCUT2D eigenvalue weighted by Gasteiger charge is -2.20. The Bertz CT molecular complexity index is 568. The molecule has 0 unspecified atom stereocenters. The summed E-state index contributed by atoms with van der Waals surface area (Å²) in [7, 11) is 1.49. The normalized spacial score (nSPS) is 10.1. The summed E-state index contributed by atoms with van der Waals surface area (Å²) in [5, 5.41) is 14.5. The van der Waals surface area contributed by atoms with Gasteiger partial charge < -0.3 is 15.3 Å². The number of hydrogen-bond donors (Lipinski definition) is 3. The van der Waals surface area contributed by atoms with Crippen LogP contribution in [-0.4, -0.2) is 48.1 Å². The zero-order valence-electron chi connectivity index (χ0n) is 12.4. The van der Waals surface area contributed by atoms with E-state index in [0.29, 0.717) is 12.1 Å². The molecule has 0 atom stereocenters. The summed E-state index contributed by atoms with van der Waals surface area (Å²) in [6.07, 6.45) is 0. The van der Waals surface area contributed by atoms with Crippen LogP contribution in [0.5, 0.6) is 0 Å². The van der Waals surface area contributed by atoms with Crippen molar-refractivity contribution in [3.63, 3.8) is 0 Å². The number of carbonyl (C=O) groups excluding carboxylic acids is 2. The Balaban J connectivity index is 2.94. The molecule has 3 amide bonds. The van der Waals surface area contributed by atoms with Crippen LogP contribution in [-0.2, 0) is 4.79 Å². The Morgan fingerprint density at radius 1 is 1.29 bits per heavy atom. The predicted molar refractivity (Wildman–Crippen MR) is 81.1 cm³/mol. The Kier molecular flexibility index (Phi) is 5.71. The zero-order chi connectivity index (χ0) is 16.2. The molecule has 0 spiro atoms. The maximum Gasteiger partial charge on any atom is 0.338 e. The summed E-state index contributed by atoms with van der Waals surface area (Å²) in [6.45, 7) is 5.50. The van der Waals surface area contributed by atoms with Crippen LogP contribution in [0.25, 0.3) is 0 Å². The summed E-state index contributed by atoms with van der Waals surface area (Å²) < 4.78 is 0. The molecule has 0 radical (unpaired) electrons. The van der Waals surface area contributed by atoms with Gasteiger partial charge in [0.05, 0.1) is 5.56 Å². The highest BCUT2D eigenvalue weighted by atomic mass is 32.1. The highest BCUT2D eigenvalue weighted by Crippen LogP contribution is 2.32. The summed E-state index contributed by atoms with van der Waals surface area (Å²) in [5.41, 5.74) is 0.735. The Morgan fingerprint density at radius 3 is 2.38 bits per heavy atom. The molecule has 21 heavy (non-hydrogen) atoms. The van der Waals surface area contributed by atoms with E-state index in [-0.39, 0.29) is 23.0 Å². The van der Waals surface area contributed by atoms with E-state index in [4.69, 9.17) is 0 Å². The van der Waals surface area contributed by atoms with Crippen molar-refractivity contribution >= 4 is 34.2 Å². The van der Waals surface area contributed by atoms with Crippen molar-refractivity contribution in [1.29, 1.82) is 0 Å². The molecule has 1 aromatic heterocycles. The molecular weight excluding hydrogens is 294 g/mol. The van der Waals surface area contributed by atoms with Crippen LogP contribution in [0.2, 0.25) is 0 Å². The topological polar surface area (TPSA) is 98.7 Å². The van der Waals surface area contributed by atoms with Crippen LogP contribution >= 0.6 is 11.3 Å². The first-order chi connectivity index (χ1) is 9.81. The maximum absolute atomic E-state index is 12.1. The highest BCUT2D eigenvalue weighted by molar-refractivity contribution is 7.16. The summed E-state index contributed by atoms with van der Waals surface area (Å²) >= 11 is 1.21. The van der Waals surface area contributed by atoms with Gasteiger partial charge in [-0.15, -0.1) is 11.3 Å². The lowest BCUT2D eigenvalue weighted by Crippen LogP contribution is -2.41. The molecule has 1 aromatic rings. The number of urea groups is 1. The second kappa shape index (κ2) is 7.07. The van der Waals surface area contributed by atoms with Crippen molar-refractivity contribution in [2.45, 2.75) is 20.8 Å². The second-order valence-corrected chi connectivity index (χ2v) is 5.63. The van der Waals surface area contributed by atoms with Crippen LogP contribution in [0.15, 0.2) is 0 Å². The lowest BCUT2D eigenvalue weighted by molar-refractivity contribution is -0.121. The van der Waals surface area contributed by atoms with Crippen molar-refractivity contribution in [2.24, 2.45) is 0 Å². The van der Waals surface area contributed by atoms with Crippen molar-refractivity contribution in [2.75, 3.05) is 25.5 Å². The van der Waals surface area contributed by atoms with Gasteiger partial charge in [-0.3, -0.25) is 10.1 Å². The summed E-state index contributed by atoms with van der Waals surface area (Å²) in [5.74, 6) is -1.37. The van der Waals surface area contributed by atoms with Gasteiger partial charge in [0, 0.05) is 18.5 Å². The Hall–Kier alpha value is -2.09. The van der Waals surface area contributed by atoms with E-state index in [1.807, 2.05) is 0 Å². The van der Waals surface area contributed by atoms with Gasteiger partial charge in [0.25, 0.3) is 0 Å². The van der Waals surface area contributed by atoms with Gasteiger partial charge in [0.1, 0.15) is 11.5 Å². The third kappa shape index (κ3) is 3.94. The first kappa shape index (κ1) is 17.0. The van der Waals surface area contributed by atoms with E-state index in [1.54, 1.807) is 20.8 Å². The molecule has 0 aliphatic carbocycles. The van der Waals surface area contributed by atoms with Crippen LogP contribution in [0, 0.1) is 13.8 Å². The van der Waals surface area contributed by atoms with Gasteiger partial charge in [-0.25, -0.2) is 9.59 Å². The van der Waals surface area contributed by atoms with Crippen LogP contribution in [0.3, 0.4) is 0 Å². The fourth-order valence-corrected chi connectivity index (χ4v) is 2.77. The maximum atomic E-state index is 12.1. The number of anilines is 1. The van der Waals surface area contributed by atoms with Crippen molar-refractivity contribution in [1.82, 2.24) is 10.2 Å². The molecule has 1 rings (SSSR count). The van der Waals surface area contributed by atoms with Crippen molar-refractivity contribution in [3.8, 4) is 0 Å². The van der Waals surface area contributed by atoms with Gasteiger partial charge in [-0.1, -0.05) is 0 Å². The number of carbonyl (C=O) groups is 3. The molecule has 0 aliphatic heterocycles. The number of carboxylic acid groups (broad SMARTS) is 1. The smallest absolute Gasteiger partial charge is 0.338 e. The standard InChI is InChI=1S/C13H19N3O4S/c1-5-16(6-9(17)14-4)13(20)15-11-10(12(18)19)7(2)8(3)21-11/h5-6H2,1-4H3,(H,14,17)(H,15,20)(H,18,19). The first-order valence-electron chi connectivity index (χ1n) is 6.41. The first-order valence-corrected chi connectivity index (χ1v) is 7.23. The fraction of sp³-hybridized carbons (Fsp3) is 0.462. The average Bonchev–Trinajstić information content (AvgIpc) is 2.70. The molecule has 1 heterocycles. The molecule has 0 fully saturated rings. The average molecular weight is 313 g/mol. The van der Waals surface area contributed by atoms with Gasteiger partial charge in [0.15, 0.2) is 0 Å². The largest absolute Gasteiger partial charge is 0.478 e. The number of nitrogens with zero attached hydrogens (tertiary/aromatic N) is 1. The third-order valence-corrected chi connectivity index (χ3v) is 4.22. The molecule has 0 saturated carbocycles. The number of carboxylic acids is 1. The van der Waals surface area contributed by atoms with E-state index >= 15 is 0 Å². The molecule has 0 saturated heterocycles. The number of likely N-dealkylation sites (N-methyl/N-ethyl adjacent to an activating group) is 2. The number of thiophene rings is 1. The van der Waals surface area contributed by atoms with Gasteiger partial charge in [-0.05, 0) is 26.3 Å². The summed E-state index contributed by atoms with van der Waals surface area (Å²) in [6, 6.07) is -0.496. The van der Waals surface area contributed by atoms with Crippen molar-refractivity contribution < 1.29 is 19.5 Å². The Morgan fingerprint density at radius 2 is 1.90 bits per heavy atom. The molecule has 116 valence electrons. The number of hydrogen-bond acceptors (Lipinski definition) is 4. The van der Waals surface area contributed by atoms with E-state index in [2.05, 4.69) is 10.6 Å². The number of rotatable bonds is 5. The van der Waals surface area contributed by atoms with Crippen LogP contribution < -0.4 is 10.6 Å². The van der Waals surface area contributed by atoms with Crippen LogP contribution in [0.4, 0.5) is 9.80 Å². The minimum atomic E-state index is -1.08. The fourth-order valence-electron chi connectivity index (χ4n) is 1.73. The van der Waals surface area contributed by atoms with Gasteiger partial charge in [-0.2, -0.15) is 0 Å². The van der Waals surface area contributed by atoms with Gasteiger partial charge in [0.2, 0.25) is 5.91 Å². The molecule has 3 N–H and O–H groups in total. The minimum absolute atomic E-state index is 0.0788. The van der Waals surface area contributed by atoms with E-state index in [1.165, 1.54) is 23.3 Å². The quantitative estimate of drug-likeness (QED) is 0.770. The molecule has 7 nitrogen and oxygen atoms in total. The van der Waals surface area contributed by atoms with E-state index < -0.39 is 12.0 Å². The molecule has 0 aliphatic rings. The lowest BCUT2D eigenvalue weighted by atomic mass is 10.1. The molecule has 8 heteroatoms. The predicted octanol–water partition coefficient (Wildman–Crippen LogP) is 1.66. The number of aryl methyl sites for hydroxylation is 1. The number of amides is 3. The monoisotopic (exact) mass is 313 g/mol. The zero-order valence-corrected chi connectivity index (χ0v) is 13.3. The molecular formula is C13H19N3O4S. The molecule has 0 aromatic carbocycles. The number of aromatic carboxylic acids is 1. The van der Waals surface area contributed by atoms with E-state index in [0.717, 1.165) is 4.88 Å². The highest BCUT2D eigenvalue weighted by Gasteiger charge is 2.22. The summed E-state index contributed by atoms with van der Waals surface area (Å²) in [4.78, 5) is 36.9. The third-order valence-electron chi connectivity index (χ3n) is 3.10. The van der Waals surface area contributed by atoms with Crippen LogP contribution in [0.1, 0.15) is 27.7 Å². The molecule has 0 bridgehead atoms. The van der Waals surface area contributed by atoms with Crippen molar-refractivity contribution in [3.05, 3.63) is 16.0 Å². The second-order valence-electron chi connectivity index (χ2n) is 4.41. The Labute approximate surface area is 126 Å². The SMILES string of the molecule is CCN(CC(=O)NC)C(=O)Nc1sc(C)c(C)c1C(=O)O. The van der Waals surface area contributed by atoms with E-state index in [9.17, 15) is 19.5 Å². The van der Waals surface area contributed by atoms with Gasteiger partial charge >= 0.3 is 12.0 Å².